The van der Waals surface area contributed by atoms with Crippen molar-refractivity contribution < 1.29 is 9.47 Å². The van der Waals surface area contributed by atoms with E-state index in [2.05, 4.69) is 45.1 Å². The van der Waals surface area contributed by atoms with E-state index >= 15 is 0 Å². The molecule has 0 radical (unpaired) electrons. The molecule has 3 nitrogen and oxygen atoms in total. The van der Waals surface area contributed by atoms with Crippen LogP contribution in [0.2, 0.25) is 0 Å². The number of hydrogen-bond acceptors (Lipinski definition) is 3. The molecular weight excluding hydrogens is 298 g/mol. The maximum Gasteiger partial charge on any atom is 0.118 e. The summed E-state index contributed by atoms with van der Waals surface area (Å²) < 4.78 is 11.3. The summed E-state index contributed by atoms with van der Waals surface area (Å²) in [5.41, 5.74) is 1.76. The summed E-state index contributed by atoms with van der Waals surface area (Å²) in [5.74, 6) is 1.61. The number of ether oxygens (including phenoxy) is 2. The van der Waals surface area contributed by atoms with Crippen LogP contribution in [-0.2, 0) is 11.3 Å². The molecule has 0 aliphatic carbocycles. The molecule has 0 unspecified atom stereocenters. The third-order valence-corrected chi connectivity index (χ3v) is 6.04. The van der Waals surface area contributed by atoms with Crippen molar-refractivity contribution in [3.63, 3.8) is 0 Å². The summed E-state index contributed by atoms with van der Waals surface area (Å²) in [6, 6.07) is 8.31. The largest absolute Gasteiger partial charge is 0.497 e. The summed E-state index contributed by atoms with van der Waals surface area (Å²) in [6.45, 7) is 12.2. The Morgan fingerprint density at radius 2 is 1.96 bits per heavy atom. The van der Waals surface area contributed by atoms with Gasteiger partial charge >= 0.3 is 0 Å². The van der Waals surface area contributed by atoms with Gasteiger partial charge in [-0.05, 0) is 68.2 Å². The van der Waals surface area contributed by atoms with Gasteiger partial charge in [-0.2, -0.15) is 0 Å². The minimum Gasteiger partial charge on any atom is -0.497 e. The Morgan fingerprint density at radius 1 is 1.25 bits per heavy atom. The van der Waals surface area contributed by atoms with E-state index in [-0.39, 0.29) is 5.60 Å². The second-order valence-electron chi connectivity index (χ2n) is 7.87. The van der Waals surface area contributed by atoms with Crippen LogP contribution in [0.15, 0.2) is 24.3 Å². The van der Waals surface area contributed by atoms with Crippen LogP contribution in [0.25, 0.3) is 0 Å². The van der Waals surface area contributed by atoms with Gasteiger partial charge in [-0.25, -0.2) is 0 Å². The van der Waals surface area contributed by atoms with E-state index in [1.54, 1.807) is 7.11 Å². The van der Waals surface area contributed by atoms with Gasteiger partial charge in [-0.3, -0.25) is 0 Å². The van der Waals surface area contributed by atoms with Crippen LogP contribution in [0.1, 0.15) is 58.9 Å². The number of nitrogens with one attached hydrogen (secondary N) is 1. The zero-order valence-electron chi connectivity index (χ0n) is 16.2. The van der Waals surface area contributed by atoms with Crippen LogP contribution in [-0.4, -0.2) is 25.9 Å². The van der Waals surface area contributed by atoms with Crippen LogP contribution in [0, 0.1) is 11.3 Å². The lowest BCUT2D eigenvalue weighted by Gasteiger charge is -2.49. The molecule has 1 heterocycles. The van der Waals surface area contributed by atoms with Gasteiger partial charge in [0, 0.05) is 13.2 Å². The van der Waals surface area contributed by atoms with Gasteiger partial charge in [0.15, 0.2) is 0 Å². The van der Waals surface area contributed by atoms with Gasteiger partial charge in [0.25, 0.3) is 0 Å². The lowest BCUT2D eigenvalue weighted by molar-refractivity contribution is -0.132. The molecule has 0 amide bonds. The van der Waals surface area contributed by atoms with E-state index in [0.29, 0.717) is 11.3 Å². The second-order valence-corrected chi connectivity index (χ2v) is 7.87. The molecule has 0 spiro atoms. The standard InChI is InChI=1S/C21H35NO2/c1-6-20(4)16-21(17(2)3,12-14-24-20)11-13-22-15-18-7-9-19(23-5)10-8-18/h7-10,17,22H,6,11-16H2,1-5H3/t20-,21+/m1/s1. The molecule has 1 saturated heterocycles. The minimum atomic E-state index is 0.0541. The number of benzene rings is 1. The molecule has 136 valence electrons. The Morgan fingerprint density at radius 3 is 2.54 bits per heavy atom. The second kappa shape index (κ2) is 8.35. The molecule has 1 aliphatic heterocycles. The normalized spacial score (nSPS) is 27.4. The van der Waals surface area contributed by atoms with Crippen LogP contribution in [0.5, 0.6) is 5.75 Å². The first-order chi connectivity index (χ1) is 11.4. The molecule has 3 heteroatoms. The quantitative estimate of drug-likeness (QED) is 0.693. The molecule has 1 N–H and O–H groups in total. The van der Waals surface area contributed by atoms with Gasteiger partial charge in [-0.15, -0.1) is 0 Å². The Kier molecular flexibility index (Phi) is 6.70. The van der Waals surface area contributed by atoms with E-state index < -0.39 is 0 Å². The van der Waals surface area contributed by atoms with Crippen molar-refractivity contribution in [3.8, 4) is 5.75 Å². The van der Waals surface area contributed by atoms with E-state index in [1.807, 2.05) is 12.1 Å². The maximum absolute atomic E-state index is 6.09. The van der Waals surface area contributed by atoms with Crippen molar-refractivity contribution in [2.45, 2.75) is 65.5 Å². The van der Waals surface area contributed by atoms with Gasteiger partial charge in [0.2, 0.25) is 0 Å². The molecule has 2 rings (SSSR count). The van der Waals surface area contributed by atoms with E-state index in [1.165, 1.54) is 24.8 Å². The molecule has 1 fully saturated rings. The van der Waals surface area contributed by atoms with Crippen LogP contribution < -0.4 is 10.1 Å². The third kappa shape index (κ3) is 4.73. The summed E-state index contributed by atoms with van der Waals surface area (Å²) in [4.78, 5) is 0. The number of methoxy groups -OCH3 is 1. The smallest absolute Gasteiger partial charge is 0.118 e. The molecule has 1 aliphatic rings. The zero-order valence-corrected chi connectivity index (χ0v) is 16.2. The molecule has 0 saturated carbocycles. The van der Waals surface area contributed by atoms with Crippen LogP contribution in [0.4, 0.5) is 0 Å². The molecule has 0 bridgehead atoms. The molecular formula is C21H35NO2. The molecule has 0 aromatic heterocycles. The fraction of sp³-hybridized carbons (Fsp3) is 0.714. The summed E-state index contributed by atoms with van der Waals surface area (Å²) >= 11 is 0. The molecule has 1 aromatic carbocycles. The molecule has 24 heavy (non-hydrogen) atoms. The van der Waals surface area contributed by atoms with Crippen molar-refractivity contribution in [2.24, 2.45) is 11.3 Å². The van der Waals surface area contributed by atoms with Crippen molar-refractivity contribution in [3.05, 3.63) is 29.8 Å². The first kappa shape index (κ1) is 19.3. The highest BCUT2D eigenvalue weighted by Crippen LogP contribution is 2.47. The Hall–Kier alpha value is -1.06. The molecule has 2 atom stereocenters. The topological polar surface area (TPSA) is 30.5 Å². The summed E-state index contributed by atoms with van der Waals surface area (Å²) in [7, 11) is 1.70. The predicted molar refractivity (Wildman–Crippen MR) is 100 cm³/mol. The molecule has 1 aromatic rings. The average molecular weight is 334 g/mol. The lowest BCUT2D eigenvalue weighted by Crippen LogP contribution is -2.46. The first-order valence-corrected chi connectivity index (χ1v) is 9.41. The first-order valence-electron chi connectivity index (χ1n) is 9.41. The Labute approximate surface area is 148 Å². The highest BCUT2D eigenvalue weighted by molar-refractivity contribution is 5.26. The predicted octanol–water partition coefficient (Wildman–Crippen LogP) is 4.80. The van der Waals surface area contributed by atoms with E-state index in [9.17, 15) is 0 Å². The Balaban J connectivity index is 1.87. The highest BCUT2D eigenvalue weighted by Gasteiger charge is 2.43. The van der Waals surface area contributed by atoms with Crippen LogP contribution in [0.3, 0.4) is 0 Å². The Bertz CT molecular complexity index is 499. The zero-order chi connectivity index (χ0) is 17.6. The van der Waals surface area contributed by atoms with Crippen molar-refractivity contribution >= 4 is 0 Å². The van der Waals surface area contributed by atoms with E-state index in [4.69, 9.17) is 9.47 Å². The van der Waals surface area contributed by atoms with Crippen molar-refractivity contribution in [2.75, 3.05) is 20.3 Å². The van der Waals surface area contributed by atoms with Crippen LogP contribution >= 0.6 is 0 Å². The number of rotatable bonds is 8. The SMILES string of the molecule is CC[C@]1(C)C[C@@](CCNCc2ccc(OC)cc2)(C(C)C)CCO1. The maximum atomic E-state index is 6.09. The summed E-state index contributed by atoms with van der Waals surface area (Å²) in [6.07, 6.45) is 4.68. The monoisotopic (exact) mass is 333 g/mol. The van der Waals surface area contributed by atoms with Crippen molar-refractivity contribution in [1.82, 2.24) is 5.32 Å². The van der Waals surface area contributed by atoms with E-state index in [0.717, 1.165) is 31.9 Å². The number of hydrogen-bond donors (Lipinski definition) is 1. The summed E-state index contributed by atoms with van der Waals surface area (Å²) in [5, 5.41) is 3.63. The lowest BCUT2D eigenvalue weighted by atomic mass is 9.64. The van der Waals surface area contributed by atoms with Gasteiger partial charge < -0.3 is 14.8 Å². The van der Waals surface area contributed by atoms with Gasteiger partial charge in [0.05, 0.1) is 12.7 Å². The van der Waals surface area contributed by atoms with Crippen molar-refractivity contribution in [1.29, 1.82) is 0 Å². The van der Waals surface area contributed by atoms with Gasteiger partial charge in [0.1, 0.15) is 5.75 Å². The fourth-order valence-electron chi connectivity index (χ4n) is 3.92. The fourth-order valence-corrected chi connectivity index (χ4v) is 3.92. The highest BCUT2D eigenvalue weighted by atomic mass is 16.5. The third-order valence-electron chi connectivity index (χ3n) is 6.04. The average Bonchev–Trinajstić information content (AvgIpc) is 2.59. The van der Waals surface area contributed by atoms with Gasteiger partial charge in [-0.1, -0.05) is 32.9 Å². The minimum absolute atomic E-state index is 0.0541.